The van der Waals surface area contributed by atoms with E-state index in [0.29, 0.717) is 10.1 Å². The number of benzene rings is 1. The zero-order chi connectivity index (χ0) is 10.1. The first-order valence-corrected chi connectivity index (χ1v) is 4.63. The summed E-state index contributed by atoms with van der Waals surface area (Å²) in [6, 6.07) is 6.72. The molecule has 0 saturated heterocycles. The quantitative estimate of drug-likeness (QED) is 0.614. The predicted octanol–water partition coefficient (Wildman–Crippen LogP) is 1.82. The van der Waals surface area contributed by atoms with Gasteiger partial charge in [-0.25, -0.2) is 0 Å². The van der Waals surface area contributed by atoms with Crippen LogP contribution in [-0.4, -0.2) is 0 Å². The zero-order valence-corrected chi connectivity index (χ0v) is 7.75. The van der Waals surface area contributed by atoms with Crippen molar-refractivity contribution in [1.82, 2.24) is 0 Å². The molecule has 2 aromatic rings. The Labute approximate surface area is 82.7 Å². The van der Waals surface area contributed by atoms with Crippen molar-refractivity contribution in [2.75, 3.05) is 0 Å². The predicted molar refractivity (Wildman–Crippen MR) is 52.3 cm³/mol. The third-order valence-electron chi connectivity index (χ3n) is 1.84. The highest BCUT2D eigenvalue weighted by atomic mass is 32.1. The van der Waals surface area contributed by atoms with E-state index in [-0.39, 0.29) is 0 Å². The fraction of sp³-hybridized carbons (Fsp3) is 0. The molecule has 5 heteroatoms. The van der Waals surface area contributed by atoms with Gasteiger partial charge < -0.3 is 5.11 Å². The monoisotopic (exact) mass is 204 g/mol. The summed E-state index contributed by atoms with van der Waals surface area (Å²) in [7, 11) is 0. The van der Waals surface area contributed by atoms with Crippen LogP contribution in [0.4, 0.5) is 5.69 Å². The lowest BCUT2D eigenvalue weighted by Gasteiger charge is -2.00. The Balaban J connectivity index is 3.03. The molecule has 1 aromatic heterocycles. The highest BCUT2D eigenvalue weighted by molar-refractivity contribution is 7.20. The minimum atomic E-state index is -0.521. The van der Waals surface area contributed by atoms with E-state index in [2.05, 4.69) is 4.98 Å². The Hall–Kier alpha value is -1.93. The van der Waals surface area contributed by atoms with Crippen molar-refractivity contribution in [1.29, 1.82) is 5.39 Å². The molecule has 0 N–H and O–H groups in total. The second kappa shape index (κ2) is 3.09. The smallest absolute Gasteiger partial charge is 0.434 e. The number of hydrogen-bond donors (Lipinski definition) is 0. The van der Waals surface area contributed by atoms with Crippen LogP contribution in [0, 0.1) is 5.39 Å². The summed E-state index contributed by atoms with van der Waals surface area (Å²) in [6.45, 7) is 0. The number of nitrogens with zero attached hydrogens (tertiary/aromatic N) is 2. The van der Waals surface area contributed by atoms with Crippen LogP contribution in [0.3, 0.4) is 0 Å². The van der Waals surface area contributed by atoms with Gasteiger partial charge in [0, 0.05) is 10.1 Å². The van der Waals surface area contributed by atoms with E-state index in [9.17, 15) is 9.90 Å². The van der Waals surface area contributed by atoms with Crippen molar-refractivity contribution in [3.8, 4) is 5.06 Å². The summed E-state index contributed by atoms with van der Waals surface area (Å²) in [5.41, 5.74) is -0.930. The second-order valence-corrected chi connectivity index (χ2v) is 3.68. The molecule has 0 aliphatic carbocycles. The Morgan fingerprint density at radius 2 is 2.07 bits per heavy atom. The van der Waals surface area contributed by atoms with Gasteiger partial charge in [-0.1, -0.05) is 12.1 Å². The van der Waals surface area contributed by atoms with E-state index >= 15 is 0 Å². The molecule has 0 aliphatic rings. The van der Waals surface area contributed by atoms with Crippen LogP contribution in [-0.2, 0) is 0 Å². The number of fused-ring (bicyclic) bond motifs is 1. The SMILES string of the molecule is N#[N+]c1c([O-])sc2ccccc2c1=O. The van der Waals surface area contributed by atoms with Gasteiger partial charge in [-0.15, -0.1) is 11.3 Å². The highest BCUT2D eigenvalue weighted by Gasteiger charge is 2.16. The molecule has 0 atom stereocenters. The normalized spacial score (nSPS) is 9.93. The Kier molecular flexibility index (Phi) is 1.91. The Morgan fingerprint density at radius 3 is 2.79 bits per heavy atom. The lowest BCUT2D eigenvalue weighted by molar-refractivity contribution is -0.260. The van der Waals surface area contributed by atoms with E-state index in [4.69, 9.17) is 5.39 Å². The third-order valence-corrected chi connectivity index (χ3v) is 2.80. The standard InChI is InChI=1S/C9H4N2O2S/c10-11-7-8(12)5-3-1-2-4-6(5)14-9(7)13/h1-4H. The minimum absolute atomic E-state index is 0.407. The van der Waals surface area contributed by atoms with Crippen LogP contribution in [0.5, 0.6) is 5.06 Å². The van der Waals surface area contributed by atoms with Crippen LogP contribution in [0.2, 0.25) is 0 Å². The van der Waals surface area contributed by atoms with Gasteiger partial charge in [0.2, 0.25) is 5.39 Å². The first-order valence-electron chi connectivity index (χ1n) is 3.82. The summed E-state index contributed by atoms with van der Waals surface area (Å²) in [6.07, 6.45) is 0. The molecule has 0 unspecified atom stereocenters. The minimum Gasteiger partial charge on any atom is -0.859 e. The van der Waals surface area contributed by atoms with Crippen molar-refractivity contribution in [3.63, 3.8) is 0 Å². The van der Waals surface area contributed by atoms with Crippen molar-refractivity contribution < 1.29 is 5.11 Å². The number of diazo groups is 1. The van der Waals surface area contributed by atoms with Crippen LogP contribution in [0.15, 0.2) is 29.1 Å². The van der Waals surface area contributed by atoms with Crippen molar-refractivity contribution in [2.45, 2.75) is 0 Å². The maximum absolute atomic E-state index is 11.5. The molecule has 1 heterocycles. The van der Waals surface area contributed by atoms with Crippen LogP contribution in [0.1, 0.15) is 0 Å². The van der Waals surface area contributed by atoms with Crippen molar-refractivity contribution in [2.24, 2.45) is 0 Å². The first-order chi connectivity index (χ1) is 6.74. The van der Waals surface area contributed by atoms with E-state index in [1.54, 1.807) is 24.3 Å². The summed E-state index contributed by atoms with van der Waals surface area (Å²) >= 11 is 0.898. The fourth-order valence-electron chi connectivity index (χ4n) is 1.20. The fourth-order valence-corrected chi connectivity index (χ4v) is 2.05. The first kappa shape index (κ1) is 8.66. The molecule has 0 aliphatic heterocycles. The summed E-state index contributed by atoms with van der Waals surface area (Å²) in [5.74, 6) is 0. The van der Waals surface area contributed by atoms with Gasteiger partial charge in [0.05, 0.1) is 5.06 Å². The van der Waals surface area contributed by atoms with Crippen LogP contribution < -0.4 is 10.5 Å². The molecule has 0 spiro atoms. The lowest BCUT2D eigenvalue weighted by Crippen LogP contribution is -2.02. The lowest BCUT2D eigenvalue weighted by atomic mass is 10.2. The van der Waals surface area contributed by atoms with Gasteiger partial charge in [-0.2, -0.15) is 0 Å². The van der Waals surface area contributed by atoms with Gasteiger partial charge in [0.15, 0.2) is 4.98 Å². The number of rotatable bonds is 0. The Morgan fingerprint density at radius 1 is 1.36 bits per heavy atom. The molecule has 0 radical (unpaired) electrons. The average Bonchev–Trinajstić information content (AvgIpc) is 2.18. The average molecular weight is 204 g/mol. The maximum atomic E-state index is 11.5. The van der Waals surface area contributed by atoms with Gasteiger partial charge in [0.1, 0.15) is 0 Å². The number of hydrogen-bond acceptors (Lipinski definition) is 4. The van der Waals surface area contributed by atoms with Gasteiger partial charge in [-0.05, 0) is 12.1 Å². The molecule has 14 heavy (non-hydrogen) atoms. The molecule has 0 bridgehead atoms. The zero-order valence-electron chi connectivity index (χ0n) is 6.93. The van der Waals surface area contributed by atoms with E-state index < -0.39 is 16.2 Å². The third kappa shape index (κ3) is 1.13. The molecule has 0 amide bonds. The molecule has 1 aromatic carbocycles. The molecule has 68 valence electrons. The molecular formula is C9H4N2O2S. The summed E-state index contributed by atoms with van der Waals surface area (Å²) in [4.78, 5) is 14.2. The van der Waals surface area contributed by atoms with Crippen LogP contribution in [0.25, 0.3) is 15.1 Å². The Bertz CT molecular complexity index is 598. The van der Waals surface area contributed by atoms with Crippen molar-refractivity contribution >= 4 is 27.1 Å². The topological polar surface area (TPSA) is 68.3 Å². The van der Waals surface area contributed by atoms with Crippen molar-refractivity contribution in [3.05, 3.63) is 39.5 Å². The second-order valence-electron chi connectivity index (χ2n) is 2.66. The van der Waals surface area contributed by atoms with Gasteiger partial charge >= 0.3 is 5.69 Å². The molecular weight excluding hydrogens is 200 g/mol. The largest absolute Gasteiger partial charge is 0.859 e. The molecule has 4 nitrogen and oxygen atoms in total. The van der Waals surface area contributed by atoms with E-state index in [1.807, 2.05) is 0 Å². The van der Waals surface area contributed by atoms with E-state index in [0.717, 1.165) is 11.3 Å². The summed E-state index contributed by atoms with van der Waals surface area (Å²) < 4.78 is 0.606. The van der Waals surface area contributed by atoms with Gasteiger partial charge in [-0.3, -0.25) is 4.79 Å². The molecule has 0 saturated carbocycles. The molecule has 2 rings (SSSR count). The maximum Gasteiger partial charge on any atom is 0.434 e. The molecule has 0 fully saturated rings. The van der Waals surface area contributed by atoms with Crippen LogP contribution >= 0.6 is 11.3 Å². The van der Waals surface area contributed by atoms with E-state index in [1.165, 1.54) is 0 Å². The summed E-state index contributed by atoms with van der Waals surface area (Å²) in [5, 5.41) is 19.6. The van der Waals surface area contributed by atoms with Gasteiger partial charge in [0.25, 0.3) is 5.43 Å². The highest BCUT2D eigenvalue weighted by Crippen LogP contribution is 2.29.